The average Bonchev–Trinajstić information content (AvgIpc) is 2.51. The number of urea groups is 1. The van der Waals surface area contributed by atoms with E-state index in [1.165, 1.54) is 0 Å². The number of amides is 2. The topological polar surface area (TPSA) is 32.3 Å². The van der Waals surface area contributed by atoms with Crippen LogP contribution in [0, 0.1) is 0 Å². The molecule has 0 aromatic carbocycles. The normalized spacial score (nSPS) is 18.1. The Morgan fingerprint density at radius 3 is 1.93 bits per heavy atom. The maximum atomic E-state index is 12.4. The number of nitrogens with one attached hydrogen (secondary N) is 1. The summed E-state index contributed by atoms with van der Waals surface area (Å²) in [5.74, 6) is 0. The van der Waals surface area contributed by atoms with Crippen LogP contribution in [0.15, 0.2) is 0 Å². The van der Waals surface area contributed by atoms with E-state index in [1.54, 1.807) is 0 Å². The molecule has 0 aromatic heterocycles. The molecule has 88 valence electrons. The largest absolute Gasteiger partial charge is 0.475 e. The van der Waals surface area contributed by atoms with Gasteiger partial charge in [-0.05, 0) is 12.8 Å². The van der Waals surface area contributed by atoms with Gasteiger partial charge in [0.1, 0.15) is 0 Å². The number of carbonyl (C=O) groups excluding carboxylic acids is 1. The quantitative estimate of drug-likeness (QED) is 0.544. The molecule has 1 heterocycles. The number of likely N-dealkylation sites (tertiary alicyclic amines) is 1. The summed E-state index contributed by atoms with van der Waals surface area (Å²) in [5, 5.41) is 0.667. The van der Waals surface area contributed by atoms with Crippen molar-refractivity contribution >= 4 is 6.03 Å². The van der Waals surface area contributed by atoms with Crippen LogP contribution in [0.2, 0.25) is 0 Å². The van der Waals surface area contributed by atoms with Gasteiger partial charge in [0.05, 0.1) is 0 Å². The lowest BCUT2D eigenvalue weighted by Gasteiger charge is -2.23. The van der Waals surface area contributed by atoms with Crippen LogP contribution in [-0.4, -0.2) is 36.2 Å². The third-order valence-electron chi connectivity index (χ3n) is 2.01. The second kappa shape index (κ2) is 3.82. The molecular formula is C7H9F5N2O. The van der Waals surface area contributed by atoms with E-state index in [-0.39, 0.29) is 13.1 Å². The van der Waals surface area contributed by atoms with Crippen molar-refractivity contribution in [2.45, 2.75) is 25.1 Å². The molecule has 0 unspecified atom stereocenters. The molecule has 8 heteroatoms. The molecule has 3 nitrogen and oxygen atoms in total. The zero-order valence-electron chi connectivity index (χ0n) is 7.57. The van der Waals surface area contributed by atoms with Crippen LogP contribution in [0.5, 0.6) is 0 Å². The first-order valence-corrected chi connectivity index (χ1v) is 4.26. The predicted molar refractivity (Wildman–Crippen MR) is 40.3 cm³/mol. The van der Waals surface area contributed by atoms with Crippen molar-refractivity contribution in [1.29, 1.82) is 0 Å². The summed E-state index contributed by atoms with van der Waals surface area (Å²) in [4.78, 5) is 11.9. The Morgan fingerprint density at radius 2 is 1.53 bits per heavy atom. The second-order valence-electron chi connectivity index (χ2n) is 3.20. The third kappa shape index (κ3) is 2.69. The van der Waals surface area contributed by atoms with Gasteiger partial charge in [0, 0.05) is 13.1 Å². The van der Waals surface area contributed by atoms with Gasteiger partial charge < -0.3 is 4.90 Å². The summed E-state index contributed by atoms with van der Waals surface area (Å²) in [6.45, 7) is 0.416. The Balaban J connectivity index is 2.57. The lowest BCUT2D eigenvalue weighted by molar-refractivity contribution is -0.290. The van der Waals surface area contributed by atoms with Crippen molar-refractivity contribution in [2.75, 3.05) is 13.1 Å². The molecule has 0 saturated carbocycles. The van der Waals surface area contributed by atoms with Crippen molar-refractivity contribution in [3.8, 4) is 0 Å². The minimum Gasteiger partial charge on any atom is -0.325 e. The number of hydrogen-bond acceptors (Lipinski definition) is 1. The average molecular weight is 232 g/mol. The van der Waals surface area contributed by atoms with Gasteiger partial charge in [-0.1, -0.05) is 0 Å². The fourth-order valence-corrected chi connectivity index (χ4v) is 1.20. The predicted octanol–water partition coefficient (Wildman–Crippen LogP) is 1.95. The fourth-order valence-electron chi connectivity index (χ4n) is 1.20. The van der Waals surface area contributed by atoms with Gasteiger partial charge in [0.15, 0.2) is 0 Å². The molecule has 1 fully saturated rings. The number of hydrogen-bond donors (Lipinski definition) is 1. The van der Waals surface area contributed by atoms with E-state index in [0.717, 1.165) is 4.90 Å². The molecule has 2 amide bonds. The van der Waals surface area contributed by atoms with Crippen LogP contribution in [0.1, 0.15) is 12.8 Å². The van der Waals surface area contributed by atoms with Crippen molar-refractivity contribution < 1.29 is 26.7 Å². The van der Waals surface area contributed by atoms with Crippen LogP contribution in [0.4, 0.5) is 26.7 Å². The fraction of sp³-hybridized carbons (Fsp3) is 0.857. The Morgan fingerprint density at radius 1 is 1.07 bits per heavy atom. The summed E-state index contributed by atoms with van der Waals surface area (Å²) >= 11 is 0. The Labute approximate surface area is 82.2 Å². The molecule has 1 rings (SSSR count). The minimum absolute atomic E-state index is 0.208. The van der Waals surface area contributed by atoms with Gasteiger partial charge in [0.2, 0.25) is 0 Å². The first-order chi connectivity index (χ1) is 6.74. The van der Waals surface area contributed by atoms with Gasteiger partial charge in [0.25, 0.3) is 0 Å². The zero-order chi connectivity index (χ0) is 11.7. The molecule has 1 aliphatic rings. The SMILES string of the molecule is O=C(NC(F)(F)C(F)(F)F)N1CCCC1. The lowest BCUT2D eigenvalue weighted by atomic mass is 10.4. The molecule has 0 aliphatic carbocycles. The molecule has 1 saturated heterocycles. The van der Waals surface area contributed by atoms with E-state index in [1.807, 2.05) is 0 Å². The second-order valence-corrected chi connectivity index (χ2v) is 3.20. The molecule has 0 radical (unpaired) electrons. The molecule has 1 N–H and O–H groups in total. The number of alkyl halides is 5. The number of halogens is 5. The number of nitrogens with zero attached hydrogens (tertiary/aromatic N) is 1. The smallest absolute Gasteiger partial charge is 0.325 e. The summed E-state index contributed by atoms with van der Waals surface area (Å²) in [7, 11) is 0. The van der Waals surface area contributed by atoms with Gasteiger partial charge in [-0.15, -0.1) is 0 Å². The molecule has 0 spiro atoms. The standard InChI is InChI=1S/C7H9F5N2O/c8-6(9,10)7(11,12)13-5(15)14-3-1-2-4-14/h1-4H2,(H,13,15). The van der Waals surface area contributed by atoms with Crippen molar-refractivity contribution in [3.63, 3.8) is 0 Å². The van der Waals surface area contributed by atoms with Crippen LogP contribution in [0.25, 0.3) is 0 Å². The highest BCUT2D eigenvalue weighted by molar-refractivity contribution is 5.75. The first-order valence-electron chi connectivity index (χ1n) is 4.26. The number of carbonyl (C=O) groups is 1. The van der Waals surface area contributed by atoms with Crippen molar-refractivity contribution in [1.82, 2.24) is 10.2 Å². The van der Waals surface area contributed by atoms with Crippen molar-refractivity contribution in [3.05, 3.63) is 0 Å². The van der Waals surface area contributed by atoms with Gasteiger partial charge in [-0.25, -0.2) is 4.79 Å². The molecular weight excluding hydrogens is 223 g/mol. The Hall–Kier alpha value is -1.08. The molecule has 0 bridgehead atoms. The maximum absolute atomic E-state index is 12.4. The van der Waals surface area contributed by atoms with Crippen molar-refractivity contribution in [2.24, 2.45) is 0 Å². The van der Waals surface area contributed by atoms with Crippen LogP contribution >= 0.6 is 0 Å². The summed E-state index contributed by atoms with van der Waals surface area (Å²) < 4.78 is 59.8. The van der Waals surface area contributed by atoms with E-state index in [2.05, 4.69) is 0 Å². The minimum atomic E-state index is -5.76. The molecule has 1 aliphatic heterocycles. The monoisotopic (exact) mass is 232 g/mol. The summed E-state index contributed by atoms with van der Waals surface area (Å²) in [6, 6.07) is -6.55. The highest BCUT2D eigenvalue weighted by Crippen LogP contribution is 2.33. The van der Waals surface area contributed by atoms with E-state index in [4.69, 9.17) is 0 Å². The van der Waals surface area contributed by atoms with E-state index < -0.39 is 18.3 Å². The first kappa shape index (κ1) is 12.0. The molecule has 0 atom stereocenters. The molecule has 15 heavy (non-hydrogen) atoms. The molecule has 0 aromatic rings. The van der Waals surface area contributed by atoms with Crippen LogP contribution in [-0.2, 0) is 0 Å². The Bertz CT molecular complexity index is 246. The van der Waals surface area contributed by atoms with E-state index >= 15 is 0 Å². The summed E-state index contributed by atoms with van der Waals surface area (Å²) in [5.41, 5.74) is 0. The van der Waals surface area contributed by atoms with Crippen LogP contribution in [0.3, 0.4) is 0 Å². The highest BCUT2D eigenvalue weighted by Gasteiger charge is 2.59. The van der Waals surface area contributed by atoms with Crippen LogP contribution < -0.4 is 5.32 Å². The van der Waals surface area contributed by atoms with Gasteiger partial charge in [-0.3, -0.25) is 5.32 Å². The summed E-state index contributed by atoms with van der Waals surface area (Å²) in [6.07, 6.45) is -4.53. The van der Waals surface area contributed by atoms with E-state index in [9.17, 15) is 26.7 Å². The maximum Gasteiger partial charge on any atom is 0.475 e. The van der Waals surface area contributed by atoms with Gasteiger partial charge >= 0.3 is 18.3 Å². The van der Waals surface area contributed by atoms with Gasteiger partial charge in [-0.2, -0.15) is 22.0 Å². The zero-order valence-corrected chi connectivity index (χ0v) is 7.57. The van der Waals surface area contributed by atoms with E-state index in [0.29, 0.717) is 18.2 Å². The lowest BCUT2D eigenvalue weighted by Crippen LogP contribution is -2.55. The number of rotatable bonds is 1. The third-order valence-corrected chi connectivity index (χ3v) is 2.01. The Kier molecular flexibility index (Phi) is 3.05. The highest BCUT2D eigenvalue weighted by atomic mass is 19.4.